The maximum atomic E-state index is 12.0. The largest absolute Gasteiger partial charge is 0.358 e. The maximum absolute atomic E-state index is 12.0. The van der Waals surface area contributed by atoms with Gasteiger partial charge in [-0.05, 0) is 30.7 Å². The zero-order valence-electron chi connectivity index (χ0n) is 11.2. The summed E-state index contributed by atoms with van der Waals surface area (Å²) in [5.74, 6) is -0.0860. The summed E-state index contributed by atoms with van der Waals surface area (Å²) < 4.78 is 0. The molecule has 2 aromatic heterocycles. The van der Waals surface area contributed by atoms with Crippen molar-refractivity contribution in [3.8, 4) is 0 Å². The van der Waals surface area contributed by atoms with Gasteiger partial charge in [0, 0.05) is 41.1 Å². The van der Waals surface area contributed by atoms with Gasteiger partial charge in [-0.25, -0.2) is 0 Å². The second-order valence-corrected chi connectivity index (χ2v) is 4.69. The summed E-state index contributed by atoms with van der Waals surface area (Å²) in [6.07, 6.45) is 3.23. The van der Waals surface area contributed by atoms with Gasteiger partial charge >= 0.3 is 0 Å². The van der Waals surface area contributed by atoms with E-state index in [1.54, 1.807) is 24.5 Å². The number of pyridine rings is 1. The Morgan fingerprint density at radius 2 is 1.95 bits per heavy atom. The fraction of sp³-hybridized carbons (Fsp3) is 0.125. The van der Waals surface area contributed by atoms with Crippen LogP contribution in [0, 0.1) is 6.92 Å². The number of carbonyl (C=O) groups excluding carboxylic acids is 1. The lowest BCUT2D eigenvalue weighted by atomic mass is 10.1. The van der Waals surface area contributed by atoms with E-state index >= 15 is 0 Å². The molecule has 0 fully saturated rings. The molecule has 3 aromatic rings. The zero-order valence-corrected chi connectivity index (χ0v) is 11.2. The van der Waals surface area contributed by atoms with Crippen LogP contribution in [-0.2, 0) is 6.54 Å². The Kier molecular flexibility index (Phi) is 3.21. The highest BCUT2D eigenvalue weighted by Crippen LogP contribution is 2.21. The van der Waals surface area contributed by atoms with Crippen molar-refractivity contribution in [3.05, 3.63) is 65.6 Å². The van der Waals surface area contributed by atoms with Crippen LogP contribution in [0.4, 0.5) is 0 Å². The number of nitrogens with one attached hydrogen (secondary N) is 2. The Hall–Kier alpha value is -2.62. The molecule has 1 aromatic carbocycles. The van der Waals surface area contributed by atoms with Crippen LogP contribution in [0.15, 0.2) is 48.8 Å². The van der Waals surface area contributed by atoms with Crippen molar-refractivity contribution >= 4 is 16.8 Å². The number of hydrogen-bond acceptors (Lipinski definition) is 2. The van der Waals surface area contributed by atoms with Crippen LogP contribution in [0.2, 0.25) is 0 Å². The molecule has 4 heteroatoms. The number of amides is 1. The van der Waals surface area contributed by atoms with Gasteiger partial charge in [0.25, 0.3) is 5.91 Å². The summed E-state index contributed by atoms with van der Waals surface area (Å²) in [5, 5.41) is 4.10. The predicted molar refractivity (Wildman–Crippen MR) is 78.4 cm³/mol. The first-order valence-electron chi connectivity index (χ1n) is 6.50. The van der Waals surface area contributed by atoms with Crippen LogP contribution >= 0.6 is 0 Å². The Labute approximate surface area is 116 Å². The number of fused-ring (bicyclic) bond motifs is 1. The van der Waals surface area contributed by atoms with Crippen molar-refractivity contribution in [2.24, 2.45) is 0 Å². The third-order valence-corrected chi connectivity index (χ3v) is 3.40. The molecule has 0 radical (unpaired) electrons. The van der Waals surface area contributed by atoms with Gasteiger partial charge in [0.1, 0.15) is 0 Å². The monoisotopic (exact) mass is 265 g/mol. The van der Waals surface area contributed by atoms with Crippen LogP contribution in [0.3, 0.4) is 0 Å². The highest BCUT2D eigenvalue weighted by molar-refractivity contribution is 5.94. The molecule has 2 heterocycles. The van der Waals surface area contributed by atoms with E-state index < -0.39 is 0 Å². The molecule has 100 valence electrons. The number of carbonyl (C=O) groups is 1. The molecular weight excluding hydrogens is 250 g/mol. The number of para-hydroxylation sites is 1. The Bertz CT molecular complexity index is 747. The molecule has 2 N–H and O–H groups in total. The lowest BCUT2D eigenvalue weighted by Gasteiger charge is -2.05. The third kappa shape index (κ3) is 2.28. The van der Waals surface area contributed by atoms with Gasteiger partial charge in [0.05, 0.1) is 0 Å². The minimum Gasteiger partial charge on any atom is -0.358 e. The number of hydrogen-bond donors (Lipinski definition) is 2. The van der Waals surface area contributed by atoms with Crippen LogP contribution in [0.5, 0.6) is 0 Å². The van der Waals surface area contributed by atoms with E-state index in [0.29, 0.717) is 12.1 Å². The fourth-order valence-electron chi connectivity index (χ4n) is 2.34. The molecule has 0 saturated heterocycles. The second kappa shape index (κ2) is 5.17. The van der Waals surface area contributed by atoms with E-state index in [4.69, 9.17) is 0 Å². The first-order valence-corrected chi connectivity index (χ1v) is 6.50. The van der Waals surface area contributed by atoms with Crippen LogP contribution < -0.4 is 5.32 Å². The van der Waals surface area contributed by atoms with Gasteiger partial charge in [-0.3, -0.25) is 9.78 Å². The molecule has 0 bridgehead atoms. The topological polar surface area (TPSA) is 57.8 Å². The van der Waals surface area contributed by atoms with Gasteiger partial charge in [0.15, 0.2) is 0 Å². The van der Waals surface area contributed by atoms with E-state index in [9.17, 15) is 4.79 Å². The Morgan fingerprint density at radius 1 is 1.20 bits per heavy atom. The molecule has 0 aliphatic carbocycles. The molecule has 3 rings (SSSR count). The Morgan fingerprint density at radius 3 is 2.75 bits per heavy atom. The van der Waals surface area contributed by atoms with Gasteiger partial charge < -0.3 is 10.3 Å². The smallest absolute Gasteiger partial charge is 0.251 e. The van der Waals surface area contributed by atoms with E-state index in [2.05, 4.69) is 21.4 Å². The molecule has 0 unspecified atom stereocenters. The van der Waals surface area contributed by atoms with Gasteiger partial charge in [-0.1, -0.05) is 18.2 Å². The van der Waals surface area contributed by atoms with Crippen molar-refractivity contribution < 1.29 is 4.79 Å². The number of aromatic amines is 1. The molecule has 0 aliphatic heterocycles. The van der Waals surface area contributed by atoms with Gasteiger partial charge in [-0.2, -0.15) is 0 Å². The summed E-state index contributed by atoms with van der Waals surface area (Å²) in [4.78, 5) is 19.3. The molecule has 4 nitrogen and oxygen atoms in total. The number of rotatable bonds is 3. The minimum absolute atomic E-state index is 0.0860. The molecule has 1 amide bonds. The first-order chi connectivity index (χ1) is 9.75. The molecular formula is C16H15N3O. The summed E-state index contributed by atoms with van der Waals surface area (Å²) in [5.41, 5.74) is 3.93. The van der Waals surface area contributed by atoms with E-state index in [-0.39, 0.29) is 5.91 Å². The lowest BCUT2D eigenvalue weighted by Crippen LogP contribution is -2.23. The average Bonchev–Trinajstić information content (AvgIpc) is 2.81. The Balaban J connectivity index is 1.81. The molecule has 0 saturated carbocycles. The van der Waals surface area contributed by atoms with E-state index in [1.807, 2.05) is 25.1 Å². The summed E-state index contributed by atoms with van der Waals surface area (Å²) in [7, 11) is 0. The number of aryl methyl sites for hydroxylation is 1. The van der Waals surface area contributed by atoms with Crippen molar-refractivity contribution in [2.75, 3.05) is 0 Å². The van der Waals surface area contributed by atoms with Crippen molar-refractivity contribution in [2.45, 2.75) is 13.5 Å². The van der Waals surface area contributed by atoms with Crippen LogP contribution in [0.25, 0.3) is 10.9 Å². The lowest BCUT2D eigenvalue weighted by molar-refractivity contribution is 0.0951. The number of nitrogens with zero attached hydrogens (tertiary/aromatic N) is 1. The summed E-state index contributed by atoms with van der Waals surface area (Å²) in [6.45, 7) is 2.53. The molecule has 0 atom stereocenters. The third-order valence-electron chi connectivity index (χ3n) is 3.40. The summed E-state index contributed by atoms with van der Waals surface area (Å²) >= 11 is 0. The van der Waals surface area contributed by atoms with E-state index in [0.717, 1.165) is 22.2 Å². The fourth-order valence-corrected chi connectivity index (χ4v) is 2.34. The standard InChI is InChI=1S/C16H15N3O/c1-11-14(13-4-2-3-5-15(13)19-11)10-18-16(20)12-6-8-17-9-7-12/h2-9,19H,10H2,1H3,(H,18,20). The molecule has 20 heavy (non-hydrogen) atoms. The second-order valence-electron chi connectivity index (χ2n) is 4.69. The van der Waals surface area contributed by atoms with Crippen LogP contribution in [-0.4, -0.2) is 15.9 Å². The number of benzene rings is 1. The van der Waals surface area contributed by atoms with Crippen molar-refractivity contribution in [1.29, 1.82) is 0 Å². The SMILES string of the molecule is Cc1[nH]c2ccccc2c1CNC(=O)c1ccncc1. The average molecular weight is 265 g/mol. The predicted octanol–water partition coefficient (Wildman–Crippen LogP) is 2.80. The minimum atomic E-state index is -0.0860. The molecule has 0 spiro atoms. The summed E-state index contributed by atoms with van der Waals surface area (Å²) in [6, 6.07) is 11.5. The van der Waals surface area contributed by atoms with Gasteiger partial charge in [0.2, 0.25) is 0 Å². The quantitative estimate of drug-likeness (QED) is 0.765. The zero-order chi connectivity index (χ0) is 13.9. The number of aromatic nitrogens is 2. The normalized spacial score (nSPS) is 10.7. The first kappa shape index (κ1) is 12.4. The number of H-pyrrole nitrogens is 1. The molecule has 0 aliphatic rings. The highest BCUT2D eigenvalue weighted by Gasteiger charge is 2.10. The van der Waals surface area contributed by atoms with Crippen LogP contribution in [0.1, 0.15) is 21.6 Å². The van der Waals surface area contributed by atoms with E-state index in [1.165, 1.54) is 0 Å². The van der Waals surface area contributed by atoms with Crippen molar-refractivity contribution in [3.63, 3.8) is 0 Å². The maximum Gasteiger partial charge on any atom is 0.251 e. The van der Waals surface area contributed by atoms with Gasteiger partial charge in [-0.15, -0.1) is 0 Å². The van der Waals surface area contributed by atoms with Crippen molar-refractivity contribution in [1.82, 2.24) is 15.3 Å². The highest BCUT2D eigenvalue weighted by atomic mass is 16.1.